The molecule has 0 saturated heterocycles. The van der Waals surface area contributed by atoms with E-state index in [1.807, 2.05) is 6.92 Å². The second-order valence-corrected chi connectivity index (χ2v) is 7.20. The van der Waals surface area contributed by atoms with Gasteiger partial charge < -0.3 is 20.0 Å². The Hall–Kier alpha value is -3.36. The van der Waals surface area contributed by atoms with Crippen LogP contribution < -0.4 is 10.1 Å². The Bertz CT molecular complexity index is 911. The molecule has 9 heteroatoms. The van der Waals surface area contributed by atoms with E-state index in [0.717, 1.165) is 18.3 Å². The molecule has 2 aromatic rings. The number of rotatable bonds is 11. The molecule has 2 N–H and O–H groups in total. The lowest BCUT2D eigenvalue weighted by atomic mass is 9.79. The normalized spacial score (nSPS) is 13.1. The van der Waals surface area contributed by atoms with Crippen LogP contribution in [0.2, 0.25) is 0 Å². The van der Waals surface area contributed by atoms with E-state index in [9.17, 15) is 27.6 Å². The van der Waals surface area contributed by atoms with E-state index in [2.05, 4.69) is 10.1 Å². The number of alkyl halides is 3. The van der Waals surface area contributed by atoms with Crippen molar-refractivity contribution >= 4 is 18.2 Å². The van der Waals surface area contributed by atoms with Crippen LogP contribution in [-0.2, 0) is 9.59 Å². The predicted molar refractivity (Wildman–Crippen MR) is 111 cm³/mol. The molecular formula is C23H24F3NO5. The first-order valence-corrected chi connectivity index (χ1v) is 10.1. The number of halogens is 3. The van der Waals surface area contributed by atoms with Gasteiger partial charge >= 0.3 is 12.3 Å². The molecule has 172 valence electrons. The molecule has 0 aliphatic carbocycles. The average Bonchev–Trinajstić information content (AvgIpc) is 2.73. The summed E-state index contributed by atoms with van der Waals surface area (Å²) in [6.45, 7) is 1.97. The number of hydrogen-bond donors (Lipinski definition) is 2. The summed E-state index contributed by atoms with van der Waals surface area (Å²) in [5, 5.41) is 11.2. The van der Waals surface area contributed by atoms with Crippen molar-refractivity contribution < 1.29 is 37.4 Å². The van der Waals surface area contributed by atoms with E-state index >= 15 is 0 Å². The van der Waals surface area contributed by atoms with Gasteiger partial charge in [-0.2, -0.15) is 0 Å². The molecule has 2 atom stereocenters. The van der Waals surface area contributed by atoms with Crippen LogP contribution in [0.25, 0.3) is 0 Å². The molecule has 32 heavy (non-hydrogen) atoms. The maximum absolute atomic E-state index is 12.4. The molecular weight excluding hydrogens is 427 g/mol. The molecule has 1 amide bonds. The molecule has 0 spiro atoms. The van der Waals surface area contributed by atoms with Crippen molar-refractivity contribution in [3.05, 3.63) is 65.2 Å². The molecule has 0 heterocycles. The van der Waals surface area contributed by atoms with E-state index in [4.69, 9.17) is 5.11 Å². The number of aliphatic carboxylic acids is 1. The summed E-state index contributed by atoms with van der Waals surface area (Å²) in [6, 6.07) is 11.9. The molecule has 2 rings (SSSR count). The number of amides is 1. The molecule has 0 radical (unpaired) electrons. The van der Waals surface area contributed by atoms with Crippen LogP contribution in [0.15, 0.2) is 48.5 Å². The van der Waals surface area contributed by atoms with Gasteiger partial charge in [0.05, 0.1) is 6.42 Å². The van der Waals surface area contributed by atoms with Gasteiger partial charge in [0.25, 0.3) is 5.91 Å². The first-order chi connectivity index (χ1) is 15.1. The van der Waals surface area contributed by atoms with Crippen molar-refractivity contribution in [2.24, 2.45) is 0 Å². The number of aldehydes is 1. The Morgan fingerprint density at radius 3 is 2.16 bits per heavy atom. The molecule has 0 aliphatic heterocycles. The second-order valence-electron chi connectivity index (χ2n) is 7.20. The van der Waals surface area contributed by atoms with Crippen LogP contribution in [0.1, 0.15) is 59.5 Å². The smallest absolute Gasteiger partial charge is 0.481 e. The van der Waals surface area contributed by atoms with Gasteiger partial charge in [0.1, 0.15) is 12.0 Å². The maximum Gasteiger partial charge on any atom is 0.573 e. The summed E-state index contributed by atoms with van der Waals surface area (Å²) >= 11 is 0. The second kappa shape index (κ2) is 11.3. The Kier molecular flexibility index (Phi) is 8.80. The number of carboxylic acids is 1. The molecule has 0 aliphatic rings. The third-order valence-corrected chi connectivity index (χ3v) is 4.90. The summed E-state index contributed by atoms with van der Waals surface area (Å²) in [7, 11) is 0. The highest BCUT2D eigenvalue weighted by atomic mass is 19.4. The third-order valence-electron chi connectivity index (χ3n) is 4.90. The van der Waals surface area contributed by atoms with Crippen molar-refractivity contribution in [2.75, 3.05) is 6.54 Å². The van der Waals surface area contributed by atoms with Crippen LogP contribution in [0.3, 0.4) is 0 Å². The van der Waals surface area contributed by atoms with Crippen LogP contribution >= 0.6 is 0 Å². The minimum absolute atomic E-state index is 0.00957. The number of nitrogens with one attached hydrogen (secondary N) is 1. The van der Waals surface area contributed by atoms with E-state index in [1.165, 1.54) is 24.3 Å². The highest BCUT2D eigenvalue weighted by Crippen LogP contribution is 2.36. The van der Waals surface area contributed by atoms with Gasteiger partial charge in [0, 0.05) is 18.0 Å². The summed E-state index contributed by atoms with van der Waals surface area (Å²) in [5.41, 5.74) is 1.72. The van der Waals surface area contributed by atoms with Gasteiger partial charge in [-0.15, -0.1) is 13.2 Å². The van der Waals surface area contributed by atoms with Gasteiger partial charge in [-0.1, -0.05) is 37.6 Å². The number of ether oxygens (including phenoxy) is 1. The molecule has 6 nitrogen and oxygen atoms in total. The summed E-state index contributed by atoms with van der Waals surface area (Å²) in [5.74, 6) is -2.62. The third kappa shape index (κ3) is 7.40. The zero-order chi connectivity index (χ0) is 23.7. The minimum Gasteiger partial charge on any atom is -0.481 e. The number of carbonyl (C=O) groups is 3. The van der Waals surface area contributed by atoms with Crippen molar-refractivity contribution in [1.29, 1.82) is 0 Å². The van der Waals surface area contributed by atoms with Crippen LogP contribution in [0.5, 0.6) is 5.75 Å². The van der Waals surface area contributed by atoms with Gasteiger partial charge in [-0.05, 0) is 47.7 Å². The number of carboxylic acid groups (broad SMARTS) is 1. The monoisotopic (exact) mass is 451 g/mol. The van der Waals surface area contributed by atoms with Crippen LogP contribution in [0.4, 0.5) is 13.2 Å². The Morgan fingerprint density at radius 1 is 1.06 bits per heavy atom. The lowest BCUT2D eigenvalue weighted by Crippen LogP contribution is -2.26. The molecule has 0 saturated carbocycles. The Balaban J connectivity index is 2.19. The Morgan fingerprint density at radius 2 is 1.66 bits per heavy atom. The number of benzene rings is 2. The van der Waals surface area contributed by atoms with Crippen LogP contribution in [-0.4, -0.2) is 36.2 Å². The average molecular weight is 451 g/mol. The van der Waals surface area contributed by atoms with Gasteiger partial charge in [-0.3, -0.25) is 9.59 Å². The fourth-order valence-corrected chi connectivity index (χ4v) is 3.43. The highest BCUT2D eigenvalue weighted by molar-refractivity contribution is 5.94. The standard InChI is InChI=1S/C23H24F3NO5/c1-2-3-19(15-4-6-17(7-5-15)22(31)27-13-12-21(29)30)20(14-28)16-8-10-18(11-9-16)32-23(24,25)26/h4-11,14,19-20H,2-3,12-13H2,1H3,(H,27,31)(H,29,30). The van der Waals surface area contributed by atoms with Gasteiger partial charge in [0.2, 0.25) is 0 Å². The SMILES string of the molecule is CCCC(c1ccc(C(=O)NCCC(=O)O)cc1)C(C=O)c1ccc(OC(F)(F)F)cc1. The molecule has 0 fully saturated rings. The summed E-state index contributed by atoms with van der Waals surface area (Å²) < 4.78 is 41.0. The van der Waals surface area contributed by atoms with Crippen molar-refractivity contribution in [3.8, 4) is 5.75 Å². The zero-order valence-electron chi connectivity index (χ0n) is 17.4. The van der Waals surface area contributed by atoms with Crippen molar-refractivity contribution in [2.45, 2.75) is 44.4 Å². The lowest BCUT2D eigenvalue weighted by molar-refractivity contribution is -0.274. The summed E-state index contributed by atoms with van der Waals surface area (Å²) in [6.07, 6.45) is -2.79. The number of hydrogen-bond acceptors (Lipinski definition) is 4. The molecule has 0 aromatic heterocycles. The van der Waals surface area contributed by atoms with E-state index in [-0.39, 0.29) is 24.6 Å². The largest absolute Gasteiger partial charge is 0.573 e. The zero-order valence-corrected chi connectivity index (χ0v) is 17.4. The molecule has 2 aromatic carbocycles. The van der Waals surface area contributed by atoms with E-state index in [1.54, 1.807) is 24.3 Å². The first kappa shape index (κ1) is 24.9. The van der Waals surface area contributed by atoms with Crippen LogP contribution in [0, 0.1) is 0 Å². The van der Waals surface area contributed by atoms with Gasteiger partial charge in [0.15, 0.2) is 0 Å². The highest BCUT2D eigenvalue weighted by Gasteiger charge is 2.31. The quantitative estimate of drug-likeness (QED) is 0.485. The van der Waals surface area contributed by atoms with E-state index < -0.39 is 24.2 Å². The van der Waals surface area contributed by atoms with E-state index in [0.29, 0.717) is 17.5 Å². The minimum atomic E-state index is -4.79. The number of carbonyl (C=O) groups excluding carboxylic acids is 2. The Labute approximate surface area is 183 Å². The fourth-order valence-electron chi connectivity index (χ4n) is 3.43. The topological polar surface area (TPSA) is 92.7 Å². The first-order valence-electron chi connectivity index (χ1n) is 10.1. The molecule has 2 unspecified atom stereocenters. The maximum atomic E-state index is 12.4. The van der Waals surface area contributed by atoms with Crippen molar-refractivity contribution in [3.63, 3.8) is 0 Å². The fraction of sp³-hybridized carbons (Fsp3) is 0.348. The molecule has 0 bridgehead atoms. The predicted octanol–water partition coefficient (Wildman–Crippen LogP) is 4.66. The lowest BCUT2D eigenvalue weighted by Gasteiger charge is -2.24. The van der Waals surface area contributed by atoms with Gasteiger partial charge in [-0.25, -0.2) is 0 Å². The van der Waals surface area contributed by atoms with Crippen molar-refractivity contribution in [1.82, 2.24) is 5.32 Å². The summed E-state index contributed by atoms with van der Waals surface area (Å²) in [4.78, 5) is 34.6.